The van der Waals surface area contributed by atoms with Gasteiger partial charge in [0.15, 0.2) is 0 Å². The van der Waals surface area contributed by atoms with E-state index in [-0.39, 0.29) is 17.2 Å². The van der Waals surface area contributed by atoms with Gasteiger partial charge in [-0.1, -0.05) is 0 Å². The van der Waals surface area contributed by atoms with Crippen LogP contribution in [0.1, 0.15) is 0 Å². The maximum Gasteiger partial charge on any atom is 0.488 e. The molecule has 0 bridgehead atoms. The highest BCUT2D eigenvalue weighted by molar-refractivity contribution is 6.58. The molecule has 0 saturated carbocycles. The van der Waals surface area contributed by atoms with Gasteiger partial charge in [-0.05, 0) is 5.46 Å². The van der Waals surface area contributed by atoms with Gasteiger partial charge in [0.2, 0.25) is 11.8 Å². The first-order valence-electron chi connectivity index (χ1n) is 3.63. The Kier molecular flexibility index (Phi) is 3.10. The Balaban J connectivity index is 3.07. The molecule has 0 atom stereocenters. The first-order valence-corrected chi connectivity index (χ1v) is 3.63. The molecular formula is C7H10BNO4. The van der Waals surface area contributed by atoms with Crippen molar-refractivity contribution in [2.24, 2.45) is 0 Å². The van der Waals surface area contributed by atoms with Crippen LogP contribution in [0, 0.1) is 0 Å². The van der Waals surface area contributed by atoms with E-state index in [1.165, 1.54) is 26.4 Å². The second-order valence-corrected chi connectivity index (χ2v) is 2.36. The SMILES string of the molecule is COc1cc(B(O)O)cc(OC)n1. The highest BCUT2D eigenvalue weighted by Crippen LogP contribution is 2.10. The van der Waals surface area contributed by atoms with Crippen molar-refractivity contribution < 1.29 is 19.5 Å². The molecule has 1 aromatic heterocycles. The lowest BCUT2D eigenvalue weighted by atomic mass is 9.81. The third kappa shape index (κ3) is 2.33. The number of hydrogen-bond donors (Lipinski definition) is 2. The van der Waals surface area contributed by atoms with Gasteiger partial charge in [0.05, 0.1) is 14.2 Å². The van der Waals surface area contributed by atoms with Crippen LogP contribution >= 0.6 is 0 Å². The second-order valence-electron chi connectivity index (χ2n) is 2.36. The average molecular weight is 183 g/mol. The highest BCUT2D eigenvalue weighted by Gasteiger charge is 2.14. The van der Waals surface area contributed by atoms with Gasteiger partial charge in [0.1, 0.15) is 0 Å². The van der Waals surface area contributed by atoms with Crippen LogP contribution in [0.25, 0.3) is 0 Å². The monoisotopic (exact) mass is 183 g/mol. The second kappa shape index (κ2) is 4.11. The first kappa shape index (κ1) is 9.82. The van der Waals surface area contributed by atoms with Crippen LogP contribution < -0.4 is 14.9 Å². The van der Waals surface area contributed by atoms with Gasteiger partial charge >= 0.3 is 7.12 Å². The Morgan fingerprint density at radius 2 is 1.62 bits per heavy atom. The van der Waals surface area contributed by atoms with Crippen LogP contribution in [-0.2, 0) is 0 Å². The molecule has 1 heterocycles. The van der Waals surface area contributed by atoms with Crippen molar-refractivity contribution in [3.05, 3.63) is 12.1 Å². The summed E-state index contributed by atoms with van der Waals surface area (Å²) < 4.78 is 9.67. The number of aromatic nitrogens is 1. The lowest BCUT2D eigenvalue weighted by molar-refractivity contribution is 0.364. The molecule has 0 radical (unpaired) electrons. The quantitative estimate of drug-likeness (QED) is 0.574. The van der Waals surface area contributed by atoms with Crippen LogP contribution in [0.4, 0.5) is 0 Å². The smallest absolute Gasteiger partial charge is 0.481 e. The fourth-order valence-electron chi connectivity index (χ4n) is 0.858. The zero-order valence-corrected chi connectivity index (χ0v) is 7.39. The molecule has 70 valence electrons. The number of nitrogens with zero attached hydrogens (tertiary/aromatic N) is 1. The maximum absolute atomic E-state index is 8.88. The van der Waals surface area contributed by atoms with E-state index in [4.69, 9.17) is 19.5 Å². The summed E-state index contributed by atoms with van der Waals surface area (Å²) in [7, 11) is 1.33. The molecule has 1 aromatic rings. The lowest BCUT2D eigenvalue weighted by Crippen LogP contribution is -2.30. The number of rotatable bonds is 3. The largest absolute Gasteiger partial charge is 0.488 e. The topological polar surface area (TPSA) is 71.8 Å². The zero-order valence-electron chi connectivity index (χ0n) is 7.39. The highest BCUT2D eigenvalue weighted by atomic mass is 16.5. The number of ether oxygens (including phenoxy) is 2. The molecule has 0 aliphatic heterocycles. The zero-order chi connectivity index (χ0) is 9.84. The molecule has 0 aliphatic rings. The van der Waals surface area contributed by atoms with Gasteiger partial charge in [-0.2, -0.15) is 4.98 Å². The van der Waals surface area contributed by atoms with Gasteiger partial charge in [-0.25, -0.2) is 0 Å². The third-order valence-corrected chi connectivity index (χ3v) is 1.52. The summed E-state index contributed by atoms with van der Waals surface area (Å²) in [6, 6.07) is 2.85. The fourth-order valence-corrected chi connectivity index (χ4v) is 0.858. The van der Waals surface area contributed by atoms with Gasteiger partial charge in [-0.3, -0.25) is 0 Å². The predicted octanol–water partition coefficient (Wildman–Crippen LogP) is -1.22. The summed E-state index contributed by atoms with van der Waals surface area (Å²) in [6.07, 6.45) is 0. The molecule has 0 spiro atoms. The summed E-state index contributed by atoms with van der Waals surface area (Å²) in [4.78, 5) is 3.89. The van der Waals surface area contributed by atoms with E-state index in [9.17, 15) is 0 Å². The molecule has 13 heavy (non-hydrogen) atoms. The Labute approximate surface area is 76.1 Å². The number of methoxy groups -OCH3 is 2. The van der Waals surface area contributed by atoms with Crippen molar-refractivity contribution in [2.75, 3.05) is 14.2 Å². The Bertz CT molecular complexity index is 270. The fraction of sp³-hybridized carbons (Fsp3) is 0.286. The Morgan fingerprint density at radius 1 is 1.15 bits per heavy atom. The van der Waals surface area contributed by atoms with Crippen LogP contribution in [0.2, 0.25) is 0 Å². The van der Waals surface area contributed by atoms with E-state index in [0.29, 0.717) is 0 Å². The molecule has 0 amide bonds. The molecule has 2 N–H and O–H groups in total. The molecule has 0 unspecified atom stereocenters. The van der Waals surface area contributed by atoms with Crippen LogP contribution in [0.3, 0.4) is 0 Å². The molecule has 1 rings (SSSR count). The summed E-state index contributed by atoms with van der Waals surface area (Å²) in [5.74, 6) is 0.560. The number of hydrogen-bond acceptors (Lipinski definition) is 5. The third-order valence-electron chi connectivity index (χ3n) is 1.52. The van der Waals surface area contributed by atoms with Crippen molar-refractivity contribution in [1.82, 2.24) is 4.98 Å². The summed E-state index contributed by atoms with van der Waals surface area (Å²) >= 11 is 0. The van der Waals surface area contributed by atoms with Gasteiger partial charge in [0.25, 0.3) is 0 Å². The summed E-state index contributed by atoms with van der Waals surface area (Å²) in [6.45, 7) is 0. The minimum atomic E-state index is -1.55. The molecule has 5 nitrogen and oxygen atoms in total. The van der Waals surface area contributed by atoms with Crippen LogP contribution in [0.15, 0.2) is 12.1 Å². The van der Waals surface area contributed by atoms with Gasteiger partial charge in [-0.15, -0.1) is 0 Å². The molecule has 6 heteroatoms. The van der Waals surface area contributed by atoms with Crippen LogP contribution in [0.5, 0.6) is 11.8 Å². The number of pyridine rings is 1. The van der Waals surface area contributed by atoms with E-state index in [1.807, 2.05) is 0 Å². The van der Waals surface area contributed by atoms with Crippen LogP contribution in [-0.4, -0.2) is 36.4 Å². The van der Waals surface area contributed by atoms with E-state index in [2.05, 4.69) is 4.98 Å². The van der Waals surface area contributed by atoms with Gasteiger partial charge in [0, 0.05) is 12.1 Å². The van der Waals surface area contributed by atoms with E-state index < -0.39 is 7.12 Å². The van der Waals surface area contributed by atoms with Crippen molar-refractivity contribution in [3.8, 4) is 11.8 Å². The lowest BCUT2D eigenvalue weighted by Gasteiger charge is -2.05. The van der Waals surface area contributed by atoms with Crippen molar-refractivity contribution in [1.29, 1.82) is 0 Å². The van der Waals surface area contributed by atoms with E-state index in [0.717, 1.165) is 0 Å². The van der Waals surface area contributed by atoms with Gasteiger partial charge < -0.3 is 19.5 Å². The Morgan fingerprint density at radius 3 is 1.92 bits per heavy atom. The predicted molar refractivity (Wildman–Crippen MR) is 47.2 cm³/mol. The Hall–Kier alpha value is -1.27. The van der Waals surface area contributed by atoms with Crippen molar-refractivity contribution in [3.63, 3.8) is 0 Å². The summed E-state index contributed by atoms with van der Waals surface area (Å²) in [5.41, 5.74) is 0.281. The molecule has 0 saturated heterocycles. The standard InChI is InChI=1S/C7H10BNO4/c1-12-6-3-5(8(10)11)4-7(9-6)13-2/h3-4,10-11H,1-2H3. The maximum atomic E-state index is 8.88. The summed E-state index contributed by atoms with van der Waals surface area (Å²) in [5, 5.41) is 17.8. The molecular weight excluding hydrogens is 173 g/mol. The molecule has 0 fully saturated rings. The van der Waals surface area contributed by atoms with E-state index in [1.54, 1.807) is 0 Å². The van der Waals surface area contributed by atoms with E-state index >= 15 is 0 Å². The minimum absolute atomic E-state index is 0.280. The average Bonchev–Trinajstić information content (AvgIpc) is 2.16. The van der Waals surface area contributed by atoms with Crippen molar-refractivity contribution in [2.45, 2.75) is 0 Å². The minimum Gasteiger partial charge on any atom is -0.481 e. The van der Waals surface area contributed by atoms with Crippen molar-refractivity contribution >= 4 is 12.6 Å². The normalized spacial score (nSPS) is 9.54. The molecule has 0 aliphatic carbocycles. The first-order chi connectivity index (χ1) is 6.17. The molecule has 0 aromatic carbocycles.